The van der Waals surface area contributed by atoms with Crippen molar-refractivity contribution in [3.05, 3.63) is 87.6 Å². The van der Waals surface area contributed by atoms with Crippen LogP contribution in [-0.2, 0) is 17.9 Å². The van der Waals surface area contributed by atoms with Gasteiger partial charge in [-0.25, -0.2) is 0 Å². The van der Waals surface area contributed by atoms with Gasteiger partial charge in [-0.3, -0.25) is 14.4 Å². The highest BCUT2D eigenvalue weighted by atomic mass is 32.1. The Morgan fingerprint density at radius 2 is 1.59 bits per heavy atom. The Bertz CT molecular complexity index is 1060. The van der Waals surface area contributed by atoms with Crippen LogP contribution in [0.25, 0.3) is 0 Å². The van der Waals surface area contributed by atoms with Crippen molar-refractivity contribution in [3.63, 3.8) is 0 Å². The number of nitrogens with one attached hydrogen (secondary N) is 3. The van der Waals surface area contributed by atoms with E-state index in [0.29, 0.717) is 23.5 Å². The van der Waals surface area contributed by atoms with Crippen LogP contribution in [0.3, 0.4) is 0 Å². The van der Waals surface area contributed by atoms with E-state index >= 15 is 0 Å². The minimum Gasteiger partial charge on any atom is -0.348 e. The summed E-state index contributed by atoms with van der Waals surface area (Å²) < 4.78 is 0. The van der Waals surface area contributed by atoms with Gasteiger partial charge in [-0.1, -0.05) is 44.2 Å². The summed E-state index contributed by atoms with van der Waals surface area (Å²) >= 11 is 1.40. The van der Waals surface area contributed by atoms with E-state index < -0.39 is 0 Å². The molecule has 166 valence electrons. The highest BCUT2D eigenvalue weighted by molar-refractivity contribution is 7.12. The lowest BCUT2D eigenvalue weighted by atomic mass is 10.1. The van der Waals surface area contributed by atoms with Gasteiger partial charge in [-0.15, -0.1) is 11.3 Å². The molecule has 7 heteroatoms. The number of benzene rings is 2. The summed E-state index contributed by atoms with van der Waals surface area (Å²) in [6.07, 6.45) is 0.779. The molecule has 0 saturated carbocycles. The minimum atomic E-state index is -0.187. The molecule has 3 amide bonds. The van der Waals surface area contributed by atoms with Crippen molar-refractivity contribution >= 4 is 34.7 Å². The minimum absolute atomic E-state index is 0.0136. The monoisotopic (exact) mass is 449 g/mol. The molecule has 0 spiro atoms. The molecule has 3 N–H and O–H groups in total. The normalized spacial score (nSPS) is 11.4. The summed E-state index contributed by atoms with van der Waals surface area (Å²) in [4.78, 5) is 37.3. The van der Waals surface area contributed by atoms with Crippen LogP contribution in [0.4, 0.5) is 5.69 Å². The van der Waals surface area contributed by atoms with Crippen LogP contribution in [0.2, 0.25) is 0 Å². The zero-order valence-electron chi connectivity index (χ0n) is 18.2. The van der Waals surface area contributed by atoms with Crippen molar-refractivity contribution in [3.8, 4) is 0 Å². The largest absolute Gasteiger partial charge is 0.348 e. The number of carbonyl (C=O) groups is 3. The fraction of sp³-hybridized carbons (Fsp3) is 0.240. The molecule has 1 unspecified atom stereocenters. The molecule has 1 heterocycles. The first kappa shape index (κ1) is 23.2. The first-order valence-electron chi connectivity index (χ1n) is 10.5. The smallest absolute Gasteiger partial charge is 0.261 e. The topological polar surface area (TPSA) is 87.3 Å². The number of amides is 3. The number of anilines is 1. The van der Waals surface area contributed by atoms with Crippen LogP contribution in [-0.4, -0.2) is 17.7 Å². The van der Waals surface area contributed by atoms with Crippen LogP contribution in [0.1, 0.15) is 51.4 Å². The summed E-state index contributed by atoms with van der Waals surface area (Å²) in [5.74, 6) is -0.358. The molecular weight excluding hydrogens is 422 g/mol. The second-order valence-corrected chi connectivity index (χ2v) is 8.49. The molecule has 6 nitrogen and oxygen atoms in total. The number of carbonyl (C=O) groups excluding carboxylic acids is 3. The molecule has 2 aromatic carbocycles. The van der Waals surface area contributed by atoms with Crippen molar-refractivity contribution < 1.29 is 14.4 Å². The zero-order chi connectivity index (χ0) is 22.9. The molecule has 0 radical (unpaired) electrons. The predicted octanol–water partition coefficient (Wildman–Crippen LogP) is 4.59. The molecule has 1 atom stereocenters. The van der Waals surface area contributed by atoms with E-state index in [2.05, 4.69) is 16.0 Å². The van der Waals surface area contributed by atoms with E-state index in [1.54, 1.807) is 18.2 Å². The maximum Gasteiger partial charge on any atom is 0.261 e. The Balaban J connectivity index is 1.50. The van der Waals surface area contributed by atoms with Gasteiger partial charge in [0, 0.05) is 30.3 Å². The van der Waals surface area contributed by atoms with E-state index in [4.69, 9.17) is 0 Å². The molecule has 0 bridgehead atoms. The fourth-order valence-electron chi connectivity index (χ4n) is 2.95. The van der Waals surface area contributed by atoms with E-state index in [-0.39, 0.29) is 23.6 Å². The lowest BCUT2D eigenvalue weighted by Crippen LogP contribution is -2.24. The second-order valence-electron chi connectivity index (χ2n) is 7.54. The standard InChI is InChI=1S/C25H27N3O3S/c1-3-17(2)23(29)28-21-7-4-6-19(14-21)16-26-24(30)20-11-9-18(10-12-20)15-27-25(31)22-8-5-13-32-22/h4-14,17H,3,15-16H2,1-2H3,(H,26,30)(H,27,31)(H,28,29). The summed E-state index contributed by atoms with van der Waals surface area (Å²) in [5, 5.41) is 10.5. The summed E-state index contributed by atoms with van der Waals surface area (Å²) in [7, 11) is 0. The van der Waals surface area contributed by atoms with E-state index in [1.807, 2.05) is 61.7 Å². The van der Waals surface area contributed by atoms with Gasteiger partial charge in [0.25, 0.3) is 11.8 Å². The van der Waals surface area contributed by atoms with Crippen molar-refractivity contribution in [1.82, 2.24) is 10.6 Å². The van der Waals surface area contributed by atoms with Gasteiger partial charge in [-0.05, 0) is 53.3 Å². The number of hydrogen-bond donors (Lipinski definition) is 3. The Hall–Kier alpha value is -3.45. The molecule has 0 fully saturated rings. The Labute approximate surface area is 192 Å². The SMILES string of the molecule is CCC(C)C(=O)Nc1cccc(CNC(=O)c2ccc(CNC(=O)c3cccs3)cc2)c1. The average Bonchev–Trinajstić information content (AvgIpc) is 3.36. The van der Waals surface area contributed by atoms with Crippen LogP contribution in [0.5, 0.6) is 0 Å². The highest BCUT2D eigenvalue weighted by Crippen LogP contribution is 2.14. The Kier molecular flexibility index (Phi) is 8.16. The third kappa shape index (κ3) is 6.52. The van der Waals surface area contributed by atoms with E-state index in [1.165, 1.54) is 11.3 Å². The lowest BCUT2D eigenvalue weighted by Gasteiger charge is -2.11. The number of rotatable bonds is 9. The van der Waals surface area contributed by atoms with Crippen molar-refractivity contribution in [1.29, 1.82) is 0 Å². The zero-order valence-corrected chi connectivity index (χ0v) is 19.0. The molecule has 3 aromatic rings. The van der Waals surface area contributed by atoms with E-state index in [0.717, 1.165) is 23.2 Å². The van der Waals surface area contributed by atoms with Crippen LogP contribution >= 0.6 is 11.3 Å². The second kappa shape index (κ2) is 11.2. The van der Waals surface area contributed by atoms with Gasteiger partial charge in [0.1, 0.15) is 0 Å². The Morgan fingerprint density at radius 3 is 2.28 bits per heavy atom. The third-order valence-corrected chi connectivity index (χ3v) is 5.99. The highest BCUT2D eigenvalue weighted by Gasteiger charge is 2.11. The van der Waals surface area contributed by atoms with Gasteiger partial charge in [0.05, 0.1) is 4.88 Å². The third-order valence-electron chi connectivity index (χ3n) is 5.12. The molecule has 32 heavy (non-hydrogen) atoms. The molecule has 3 rings (SSSR count). The van der Waals surface area contributed by atoms with E-state index in [9.17, 15) is 14.4 Å². The van der Waals surface area contributed by atoms with Crippen LogP contribution in [0, 0.1) is 5.92 Å². The maximum atomic E-state index is 12.5. The van der Waals surface area contributed by atoms with Gasteiger partial charge in [-0.2, -0.15) is 0 Å². The van der Waals surface area contributed by atoms with Crippen molar-refractivity contribution in [2.75, 3.05) is 5.32 Å². The summed E-state index contributed by atoms with van der Waals surface area (Å²) in [5.41, 5.74) is 3.07. The molecule has 0 aliphatic heterocycles. The van der Waals surface area contributed by atoms with Gasteiger partial charge in [0.15, 0.2) is 0 Å². The van der Waals surface area contributed by atoms with Crippen LogP contribution < -0.4 is 16.0 Å². The first-order valence-corrected chi connectivity index (χ1v) is 11.4. The number of hydrogen-bond acceptors (Lipinski definition) is 4. The molecule has 0 aliphatic carbocycles. The number of thiophene rings is 1. The first-order chi connectivity index (χ1) is 15.5. The molecule has 0 saturated heterocycles. The van der Waals surface area contributed by atoms with Crippen LogP contribution in [0.15, 0.2) is 66.0 Å². The molecule has 0 aliphatic rings. The van der Waals surface area contributed by atoms with Crippen molar-refractivity contribution in [2.24, 2.45) is 5.92 Å². The fourth-order valence-corrected chi connectivity index (χ4v) is 3.59. The molecule has 1 aromatic heterocycles. The van der Waals surface area contributed by atoms with Gasteiger partial charge in [0.2, 0.25) is 5.91 Å². The Morgan fingerprint density at radius 1 is 0.875 bits per heavy atom. The summed E-state index contributed by atoms with van der Waals surface area (Å²) in [6.45, 7) is 4.62. The molecular formula is C25H27N3O3S. The predicted molar refractivity (Wildman–Crippen MR) is 128 cm³/mol. The quantitative estimate of drug-likeness (QED) is 0.446. The van der Waals surface area contributed by atoms with Crippen molar-refractivity contribution in [2.45, 2.75) is 33.4 Å². The lowest BCUT2D eigenvalue weighted by molar-refractivity contribution is -0.119. The average molecular weight is 450 g/mol. The maximum absolute atomic E-state index is 12.5. The van der Waals surface area contributed by atoms with Gasteiger partial charge >= 0.3 is 0 Å². The van der Waals surface area contributed by atoms with Gasteiger partial charge < -0.3 is 16.0 Å². The summed E-state index contributed by atoms with van der Waals surface area (Å²) in [6, 6.07) is 18.2.